The van der Waals surface area contributed by atoms with E-state index in [1.54, 1.807) is 0 Å². The summed E-state index contributed by atoms with van der Waals surface area (Å²) < 4.78 is 0. The Bertz CT molecular complexity index is 537. The summed E-state index contributed by atoms with van der Waals surface area (Å²) in [7, 11) is 0. The summed E-state index contributed by atoms with van der Waals surface area (Å²) in [6, 6.07) is 9.84. The monoisotopic (exact) mass is 352 g/mol. The molecule has 2 saturated heterocycles. The van der Waals surface area contributed by atoms with Gasteiger partial charge >= 0.3 is 0 Å². The highest BCUT2D eigenvalue weighted by Crippen LogP contribution is 2.23. The first-order valence-corrected chi connectivity index (χ1v) is 9.63. The largest absolute Gasteiger partial charge is 0.359 e. The molecule has 2 aliphatic rings. The van der Waals surface area contributed by atoms with E-state index in [1.165, 1.54) is 45.1 Å². The number of rotatable bonds is 4. The van der Waals surface area contributed by atoms with Gasteiger partial charge < -0.3 is 15.5 Å². The Morgan fingerprint density at radius 1 is 1.26 bits per heavy atom. The van der Waals surface area contributed by atoms with Crippen molar-refractivity contribution in [2.75, 3.05) is 11.9 Å². The predicted octanol–water partition coefficient (Wildman–Crippen LogP) is 3.00. The Morgan fingerprint density at radius 3 is 2.61 bits per heavy atom. The van der Waals surface area contributed by atoms with Gasteiger partial charge in [0.1, 0.15) is 0 Å². The van der Waals surface area contributed by atoms with Crippen LogP contribution in [0.25, 0.3) is 0 Å². The van der Waals surface area contributed by atoms with E-state index in [9.17, 15) is 0 Å². The first-order valence-electron chi connectivity index (χ1n) is 8.85. The van der Waals surface area contributed by atoms with Gasteiger partial charge in [0.15, 0.2) is 5.11 Å². The minimum Gasteiger partial charge on any atom is -0.359 e. The number of quaternary nitrogens is 1. The van der Waals surface area contributed by atoms with Gasteiger partial charge in [0, 0.05) is 18.9 Å². The lowest BCUT2D eigenvalue weighted by atomic mass is 9.81. The zero-order chi connectivity index (χ0) is 16.2. The number of para-hydroxylation sites is 1. The predicted molar refractivity (Wildman–Crippen MR) is 101 cm³/mol. The van der Waals surface area contributed by atoms with Crippen LogP contribution in [-0.2, 0) is 0 Å². The molecule has 3 rings (SSSR count). The molecule has 3 nitrogen and oxygen atoms in total. The first-order chi connectivity index (χ1) is 11.2. The average molecular weight is 353 g/mol. The van der Waals surface area contributed by atoms with Gasteiger partial charge in [0.05, 0.1) is 29.3 Å². The molecule has 126 valence electrons. The van der Waals surface area contributed by atoms with Gasteiger partial charge in [-0.15, -0.1) is 0 Å². The zero-order valence-electron chi connectivity index (χ0n) is 13.8. The van der Waals surface area contributed by atoms with Crippen LogP contribution in [0, 0.1) is 0 Å². The van der Waals surface area contributed by atoms with Crippen LogP contribution in [0.15, 0.2) is 24.3 Å². The Kier molecular flexibility index (Phi) is 5.78. The number of anilines is 1. The molecule has 0 radical (unpaired) electrons. The van der Waals surface area contributed by atoms with E-state index >= 15 is 0 Å². The molecule has 5 heteroatoms. The van der Waals surface area contributed by atoms with Crippen LogP contribution < -0.4 is 15.5 Å². The topological polar surface area (TPSA) is 28.5 Å². The standard InChI is InChI=1S/C18H26ClN3S/c1-2-10-22-14-6-5-7-15(22)12-13(11-14)20-18(23)21-17-9-4-3-8-16(17)19/h3-4,8-9,13-15H,2,5-7,10-12H2,1H3,(H2,20,21,23)/p+1/t13?,14-,15+. The molecule has 1 aromatic rings. The highest BCUT2D eigenvalue weighted by Gasteiger charge is 2.41. The molecule has 2 fully saturated rings. The van der Waals surface area contributed by atoms with Crippen molar-refractivity contribution in [3.8, 4) is 0 Å². The number of benzene rings is 1. The molecule has 0 aliphatic carbocycles. The molecular formula is C18H27ClN3S+. The van der Waals surface area contributed by atoms with E-state index in [0.29, 0.717) is 16.2 Å². The molecular weight excluding hydrogens is 326 g/mol. The number of hydrogen-bond acceptors (Lipinski definition) is 1. The lowest BCUT2D eigenvalue weighted by Crippen LogP contribution is -3.21. The van der Waals surface area contributed by atoms with Gasteiger partial charge in [0.25, 0.3) is 0 Å². The molecule has 0 saturated carbocycles. The van der Waals surface area contributed by atoms with E-state index in [0.717, 1.165) is 17.8 Å². The fourth-order valence-electron chi connectivity index (χ4n) is 4.36. The number of nitrogens with one attached hydrogen (secondary N) is 3. The van der Waals surface area contributed by atoms with Crippen molar-refractivity contribution in [1.82, 2.24) is 5.32 Å². The van der Waals surface area contributed by atoms with Crippen LogP contribution in [0.5, 0.6) is 0 Å². The molecule has 0 amide bonds. The fraction of sp³-hybridized carbons (Fsp3) is 0.611. The summed E-state index contributed by atoms with van der Waals surface area (Å²) in [5.74, 6) is 0. The molecule has 0 spiro atoms. The first kappa shape index (κ1) is 17.0. The molecule has 2 heterocycles. The van der Waals surface area contributed by atoms with Crippen molar-refractivity contribution in [3.05, 3.63) is 29.3 Å². The maximum Gasteiger partial charge on any atom is 0.171 e. The van der Waals surface area contributed by atoms with Gasteiger partial charge in [-0.05, 0) is 50.0 Å². The number of piperidine rings is 2. The van der Waals surface area contributed by atoms with E-state index in [-0.39, 0.29) is 0 Å². The fourth-order valence-corrected chi connectivity index (χ4v) is 4.82. The number of hydrogen-bond donors (Lipinski definition) is 3. The number of thiocarbonyl (C=S) groups is 1. The second-order valence-corrected chi connectivity index (χ2v) is 7.71. The number of halogens is 1. The second-order valence-electron chi connectivity index (χ2n) is 6.90. The molecule has 2 bridgehead atoms. The smallest absolute Gasteiger partial charge is 0.171 e. The van der Waals surface area contributed by atoms with Crippen molar-refractivity contribution >= 4 is 34.6 Å². The van der Waals surface area contributed by atoms with E-state index < -0.39 is 0 Å². The SMILES string of the molecule is CCC[NH+]1[C@@H]2CCC[C@H]1CC(NC(=S)Nc1ccccc1Cl)C2. The second kappa shape index (κ2) is 7.82. The lowest BCUT2D eigenvalue weighted by molar-refractivity contribution is -0.961. The lowest BCUT2D eigenvalue weighted by Gasteiger charge is -2.46. The maximum absolute atomic E-state index is 6.19. The quantitative estimate of drug-likeness (QED) is 0.727. The van der Waals surface area contributed by atoms with Crippen LogP contribution >= 0.6 is 23.8 Å². The summed E-state index contributed by atoms with van der Waals surface area (Å²) in [5.41, 5.74) is 0.876. The van der Waals surface area contributed by atoms with Crippen LogP contribution in [-0.4, -0.2) is 29.8 Å². The third-order valence-corrected chi connectivity index (χ3v) is 5.84. The third-order valence-electron chi connectivity index (χ3n) is 5.29. The van der Waals surface area contributed by atoms with Crippen molar-refractivity contribution < 1.29 is 4.90 Å². The normalized spacial score (nSPS) is 29.8. The van der Waals surface area contributed by atoms with Crippen LogP contribution in [0.2, 0.25) is 5.02 Å². The van der Waals surface area contributed by atoms with Crippen molar-refractivity contribution in [2.24, 2.45) is 0 Å². The molecule has 3 N–H and O–H groups in total. The Labute approximate surface area is 149 Å². The van der Waals surface area contributed by atoms with Crippen LogP contribution in [0.4, 0.5) is 5.69 Å². The number of fused-ring (bicyclic) bond motifs is 2. The van der Waals surface area contributed by atoms with Crippen LogP contribution in [0.3, 0.4) is 0 Å². The van der Waals surface area contributed by atoms with Gasteiger partial charge in [-0.25, -0.2) is 0 Å². The van der Waals surface area contributed by atoms with Crippen LogP contribution in [0.1, 0.15) is 45.4 Å². The van der Waals surface area contributed by atoms with Crippen molar-refractivity contribution in [1.29, 1.82) is 0 Å². The molecule has 2 unspecified atom stereocenters. The van der Waals surface area contributed by atoms with E-state index in [2.05, 4.69) is 17.6 Å². The highest BCUT2D eigenvalue weighted by molar-refractivity contribution is 7.80. The Balaban J connectivity index is 1.57. The van der Waals surface area contributed by atoms with Gasteiger partial charge in [-0.3, -0.25) is 0 Å². The summed E-state index contributed by atoms with van der Waals surface area (Å²) in [6.45, 7) is 3.63. The summed E-state index contributed by atoms with van der Waals surface area (Å²) in [4.78, 5) is 1.85. The molecule has 1 aromatic carbocycles. The van der Waals surface area contributed by atoms with Gasteiger partial charge in [0.2, 0.25) is 0 Å². The summed E-state index contributed by atoms with van der Waals surface area (Å²) in [6.07, 6.45) is 7.89. The third kappa shape index (κ3) is 4.17. The van der Waals surface area contributed by atoms with Gasteiger partial charge in [-0.2, -0.15) is 0 Å². The van der Waals surface area contributed by atoms with Crippen molar-refractivity contribution in [2.45, 2.75) is 63.6 Å². The summed E-state index contributed by atoms with van der Waals surface area (Å²) in [5, 5.41) is 8.17. The summed E-state index contributed by atoms with van der Waals surface area (Å²) >= 11 is 11.7. The Morgan fingerprint density at radius 2 is 1.96 bits per heavy atom. The minimum atomic E-state index is 0.494. The molecule has 0 aromatic heterocycles. The maximum atomic E-state index is 6.19. The van der Waals surface area contributed by atoms with Gasteiger partial charge in [-0.1, -0.05) is 30.7 Å². The molecule has 2 aliphatic heterocycles. The van der Waals surface area contributed by atoms with E-state index in [1.807, 2.05) is 29.2 Å². The van der Waals surface area contributed by atoms with E-state index in [4.69, 9.17) is 23.8 Å². The van der Waals surface area contributed by atoms with Crippen molar-refractivity contribution in [3.63, 3.8) is 0 Å². The zero-order valence-corrected chi connectivity index (χ0v) is 15.3. The Hall–Kier alpha value is -0.840. The molecule has 23 heavy (non-hydrogen) atoms. The average Bonchev–Trinajstić information content (AvgIpc) is 2.50. The molecule has 4 atom stereocenters. The minimum absolute atomic E-state index is 0.494. The highest BCUT2D eigenvalue weighted by atomic mass is 35.5.